The molecule has 7 heteroatoms. The molecular weight excluding hydrogens is 405 g/mol. The highest BCUT2D eigenvalue weighted by Crippen LogP contribution is 2.39. The lowest BCUT2D eigenvalue weighted by Gasteiger charge is -2.15. The predicted octanol–water partition coefficient (Wildman–Crippen LogP) is 5.59. The van der Waals surface area contributed by atoms with Crippen molar-refractivity contribution in [2.45, 2.75) is 32.7 Å². The third-order valence-electron chi connectivity index (χ3n) is 4.17. The summed E-state index contributed by atoms with van der Waals surface area (Å²) in [6.07, 6.45) is -4.77. The van der Waals surface area contributed by atoms with Gasteiger partial charge < -0.3 is 0 Å². The molecule has 0 N–H and O–H groups in total. The molecule has 0 spiro atoms. The number of alkyl halides is 3. The van der Waals surface area contributed by atoms with Gasteiger partial charge in [0.1, 0.15) is 0 Å². The standard InChI is InChI=1S/C21H18F3O2S2/c1-2-28(25,26)20-14-13-18(15-19(20)21(22,23)24)27(16-9-5-3-6-10-16)17-11-7-4-8-12-17/h3-15H,2H2,1H3/q+1. The second-order valence-electron chi connectivity index (χ2n) is 5.99. The molecular formula is C21H18F3O2S2+. The Balaban J connectivity index is 2.25. The number of rotatable bonds is 5. The van der Waals surface area contributed by atoms with Gasteiger partial charge in [-0.1, -0.05) is 43.3 Å². The van der Waals surface area contributed by atoms with E-state index >= 15 is 0 Å². The van der Waals surface area contributed by atoms with Crippen LogP contribution in [0.4, 0.5) is 13.2 Å². The van der Waals surface area contributed by atoms with Crippen LogP contribution in [0.2, 0.25) is 0 Å². The highest BCUT2D eigenvalue weighted by molar-refractivity contribution is 7.97. The summed E-state index contributed by atoms with van der Waals surface area (Å²) in [5.41, 5.74) is -1.11. The van der Waals surface area contributed by atoms with Gasteiger partial charge in [-0.05, 0) is 36.4 Å². The summed E-state index contributed by atoms with van der Waals surface area (Å²) in [5.74, 6) is -0.390. The lowest BCUT2D eigenvalue weighted by atomic mass is 10.2. The van der Waals surface area contributed by atoms with Crippen molar-refractivity contribution < 1.29 is 21.6 Å². The van der Waals surface area contributed by atoms with Gasteiger partial charge in [0.05, 0.1) is 27.1 Å². The minimum Gasteiger partial charge on any atom is -0.224 e. The minimum absolute atomic E-state index is 0.390. The first-order valence-corrected chi connectivity index (χ1v) is 11.4. The molecule has 0 unspecified atom stereocenters. The van der Waals surface area contributed by atoms with E-state index in [0.717, 1.165) is 21.9 Å². The van der Waals surface area contributed by atoms with Crippen LogP contribution in [0.3, 0.4) is 0 Å². The first kappa shape index (κ1) is 20.5. The SMILES string of the molecule is CCS(=O)(=O)c1ccc([S+](c2ccccc2)c2ccccc2)cc1C(F)(F)F. The molecule has 0 heterocycles. The Bertz CT molecular complexity index is 1010. The van der Waals surface area contributed by atoms with E-state index < -0.39 is 43.1 Å². The van der Waals surface area contributed by atoms with Crippen LogP contribution in [0.25, 0.3) is 0 Å². The fourth-order valence-electron chi connectivity index (χ4n) is 2.81. The normalized spacial score (nSPS) is 12.3. The maximum absolute atomic E-state index is 13.7. The topological polar surface area (TPSA) is 34.1 Å². The molecule has 0 fully saturated rings. The van der Waals surface area contributed by atoms with Crippen molar-refractivity contribution in [2.75, 3.05) is 5.75 Å². The molecule has 0 radical (unpaired) electrons. The summed E-state index contributed by atoms with van der Waals surface area (Å²) in [6, 6.07) is 22.0. The number of sulfone groups is 1. The fourth-order valence-corrected chi connectivity index (χ4v) is 6.02. The Hall–Kier alpha value is -2.25. The smallest absolute Gasteiger partial charge is 0.224 e. The van der Waals surface area contributed by atoms with Crippen LogP contribution in [0.1, 0.15) is 12.5 Å². The summed E-state index contributed by atoms with van der Waals surface area (Å²) < 4.78 is 65.5. The zero-order chi connectivity index (χ0) is 20.4. The lowest BCUT2D eigenvalue weighted by molar-refractivity contribution is -0.140. The molecule has 2 nitrogen and oxygen atoms in total. The summed E-state index contributed by atoms with van der Waals surface area (Å²) in [6.45, 7) is 1.34. The van der Waals surface area contributed by atoms with Crippen LogP contribution in [0.5, 0.6) is 0 Å². The van der Waals surface area contributed by atoms with Gasteiger partial charge in [-0.25, -0.2) is 8.42 Å². The summed E-state index contributed by atoms with van der Waals surface area (Å²) in [4.78, 5) is 1.46. The van der Waals surface area contributed by atoms with Crippen molar-refractivity contribution in [1.29, 1.82) is 0 Å². The van der Waals surface area contributed by atoms with E-state index in [1.807, 2.05) is 60.7 Å². The van der Waals surface area contributed by atoms with Gasteiger partial charge in [0.2, 0.25) is 0 Å². The number of hydrogen-bond donors (Lipinski definition) is 0. The molecule has 0 saturated heterocycles. The highest BCUT2D eigenvalue weighted by atomic mass is 32.2. The third kappa shape index (κ3) is 4.25. The Morgan fingerprint density at radius 1 is 0.786 bits per heavy atom. The Morgan fingerprint density at radius 2 is 1.29 bits per heavy atom. The van der Waals surface area contributed by atoms with E-state index in [-0.39, 0.29) is 0 Å². The first-order valence-electron chi connectivity index (χ1n) is 8.52. The van der Waals surface area contributed by atoms with Crippen molar-refractivity contribution in [3.8, 4) is 0 Å². The fraction of sp³-hybridized carbons (Fsp3) is 0.143. The zero-order valence-electron chi connectivity index (χ0n) is 15.0. The Morgan fingerprint density at radius 3 is 1.71 bits per heavy atom. The number of halogens is 3. The molecule has 0 aliphatic carbocycles. The van der Waals surface area contributed by atoms with Gasteiger partial charge in [0.15, 0.2) is 24.5 Å². The van der Waals surface area contributed by atoms with Crippen molar-refractivity contribution in [3.05, 3.63) is 84.4 Å². The van der Waals surface area contributed by atoms with E-state index in [0.29, 0.717) is 4.90 Å². The molecule has 0 bridgehead atoms. The highest BCUT2D eigenvalue weighted by Gasteiger charge is 2.39. The lowest BCUT2D eigenvalue weighted by Crippen LogP contribution is -2.16. The predicted molar refractivity (Wildman–Crippen MR) is 104 cm³/mol. The third-order valence-corrected chi connectivity index (χ3v) is 8.16. The molecule has 146 valence electrons. The average Bonchev–Trinajstić information content (AvgIpc) is 2.69. The zero-order valence-corrected chi connectivity index (χ0v) is 16.6. The first-order chi connectivity index (χ1) is 13.2. The molecule has 0 amide bonds. The summed E-state index contributed by atoms with van der Waals surface area (Å²) in [5, 5.41) is 0. The van der Waals surface area contributed by atoms with Gasteiger partial charge in [-0.15, -0.1) is 0 Å². The minimum atomic E-state index is -4.77. The molecule has 0 atom stereocenters. The van der Waals surface area contributed by atoms with Crippen LogP contribution >= 0.6 is 0 Å². The number of benzene rings is 3. The molecule has 28 heavy (non-hydrogen) atoms. The van der Waals surface area contributed by atoms with Gasteiger partial charge >= 0.3 is 6.18 Å². The quantitative estimate of drug-likeness (QED) is 0.501. The summed E-state index contributed by atoms with van der Waals surface area (Å²) in [7, 11) is -4.79. The van der Waals surface area contributed by atoms with Gasteiger partial charge in [0.25, 0.3) is 0 Å². The van der Waals surface area contributed by atoms with Crippen LogP contribution in [0, 0.1) is 0 Å². The van der Waals surface area contributed by atoms with Crippen molar-refractivity contribution in [3.63, 3.8) is 0 Å². The van der Waals surface area contributed by atoms with E-state index in [9.17, 15) is 21.6 Å². The van der Waals surface area contributed by atoms with Crippen molar-refractivity contribution >= 4 is 20.7 Å². The largest absolute Gasteiger partial charge is 0.417 e. The molecule has 3 rings (SSSR count). The van der Waals surface area contributed by atoms with E-state index in [1.54, 1.807) is 0 Å². The summed E-state index contributed by atoms with van der Waals surface area (Å²) >= 11 is 0. The molecule has 0 saturated carbocycles. The van der Waals surface area contributed by atoms with Crippen LogP contribution in [-0.2, 0) is 26.9 Å². The van der Waals surface area contributed by atoms with Gasteiger partial charge in [-0.2, -0.15) is 13.2 Å². The van der Waals surface area contributed by atoms with Crippen LogP contribution in [-0.4, -0.2) is 14.2 Å². The molecule has 0 aliphatic heterocycles. The van der Waals surface area contributed by atoms with Gasteiger partial charge in [0, 0.05) is 6.07 Å². The van der Waals surface area contributed by atoms with E-state index in [1.165, 1.54) is 13.0 Å². The second-order valence-corrected chi connectivity index (χ2v) is 10.3. The van der Waals surface area contributed by atoms with Crippen molar-refractivity contribution in [2.24, 2.45) is 0 Å². The molecule has 0 aliphatic rings. The van der Waals surface area contributed by atoms with Gasteiger partial charge in [-0.3, -0.25) is 0 Å². The average molecular weight is 424 g/mol. The van der Waals surface area contributed by atoms with E-state index in [2.05, 4.69) is 0 Å². The number of hydrogen-bond acceptors (Lipinski definition) is 2. The second kappa shape index (κ2) is 8.01. The maximum atomic E-state index is 13.7. The molecule has 0 aromatic heterocycles. The van der Waals surface area contributed by atoms with E-state index in [4.69, 9.17) is 0 Å². The maximum Gasteiger partial charge on any atom is 0.417 e. The monoisotopic (exact) mass is 423 g/mol. The Kier molecular flexibility index (Phi) is 5.86. The van der Waals surface area contributed by atoms with Crippen LogP contribution in [0.15, 0.2) is 98.4 Å². The Labute approximate surface area is 165 Å². The molecule has 3 aromatic carbocycles. The van der Waals surface area contributed by atoms with Crippen LogP contribution < -0.4 is 0 Å². The van der Waals surface area contributed by atoms with Crippen molar-refractivity contribution in [1.82, 2.24) is 0 Å². The molecule has 3 aromatic rings.